The quantitative estimate of drug-likeness (QED) is 0.400. The van der Waals surface area contributed by atoms with Gasteiger partial charge in [-0.25, -0.2) is 13.8 Å². The number of amides is 1. The number of hydrogen-bond acceptors (Lipinski definition) is 3. The molecule has 2 aromatic carbocycles. The molecule has 0 saturated carbocycles. The van der Waals surface area contributed by atoms with Crippen molar-refractivity contribution < 1.29 is 39.9 Å². The smallest absolute Gasteiger partial charge is 0.344 e. The van der Waals surface area contributed by atoms with Crippen molar-refractivity contribution in [3.63, 3.8) is 0 Å². The molecule has 0 aliphatic carbocycles. The first-order valence-corrected chi connectivity index (χ1v) is 10.1. The number of rotatable bonds is 4. The Kier molecular flexibility index (Phi) is 6.51. The molecule has 1 atom stereocenters. The van der Waals surface area contributed by atoms with Crippen LogP contribution in [0.5, 0.6) is 0 Å². The summed E-state index contributed by atoms with van der Waals surface area (Å²) >= 11 is 0.673. The van der Waals surface area contributed by atoms with E-state index >= 15 is 0 Å². The Balaban J connectivity index is 1.88. The van der Waals surface area contributed by atoms with E-state index in [4.69, 9.17) is 0 Å². The van der Waals surface area contributed by atoms with Gasteiger partial charge < -0.3 is 5.32 Å². The van der Waals surface area contributed by atoms with E-state index in [9.17, 15) is 39.9 Å². The number of carbonyl (C=O) groups excluding carboxylic acids is 1. The summed E-state index contributed by atoms with van der Waals surface area (Å²) < 4.78 is 106. The fourth-order valence-electron chi connectivity index (χ4n) is 2.86. The maximum atomic E-state index is 13.8. The number of aromatic nitrogens is 1. The molecule has 176 valence electrons. The zero-order valence-electron chi connectivity index (χ0n) is 16.8. The molecule has 0 fully saturated rings. The topological polar surface area (TPSA) is 42.0 Å². The first kappa shape index (κ1) is 24.6. The minimum absolute atomic E-state index is 0.00770. The summed E-state index contributed by atoms with van der Waals surface area (Å²) in [6.45, 7) is 2.68. The van der Waals surface area contributed by atoms with Crippen molar-refractivity contribution in [2.24, 2.45) is 0 Å². The highest BCUT2D eigenvalue weighted by Gasteiger charge is 2.37. The van der Waals surface area contributed by atoms with Crippen molar-refractivity contribution >= 4 is 17.2 Å². The predicted molar refractivity (Wildman–Crippen MR) is 105 cm³/mol. The molecule has 3 rings (SSSR count). The van der Waals surface area contributed by atoms with Gasteiger partial charge in [-0.2, -0.15) is 26.3 Å². The van der Waals surface area contributed by atoms with Gasteiger partial charge in [0.25, 0.3) is 5.91 Å². The molecule has 0 unspecified atom stereocenters. The number of hydrogen-bond donors (Lipinski definition) is 1. The molecule has 3 aromatic rings. The third-order valence-corrected chi connectivity index (χ3v) is 5.61. The summed E-state index contributed by atoms with van der Waals surface area (Å²) in [4.78, 5) is 16.3. The van der Waals surface area contributed by atoms with E-state index in [2.05, 4.69) is 10.3 Å². The van der Waals surface area contributed by atoms with Crippen molar-refractivity contribution in [2.45, 2.75) is 32.2 Å². The first-order valence-electron chi connectivity index (χ1n) is 9.18. The molecule has 0 saturated heterocycles. The average molecular weight is 494 g/mol. The lowest BCUT2D eigenvalue weighted by Gasteiger charge is -2.15. The van der Waals surface area contributed by atoms with Gasteiger partial charge in [0, 0.05) is 16.5 Å². The Morgan fingerprint density at radius 1 is 0.939 bits per heavy atom. The molecule has 1 amide bonds. The van der Waals surface area contributed by atoms with Gasteiger partial charge >= 0.3 is 12.4 Å². The highest BCUT2D eigenvalue weighted by Crippen LogP contribution is 2.39. The summed E-state index contributed by atoms with van der Waals surface area (Å²) in [5.74, 6) is -2.45. The number of nitrogens with one attached hydrogen (secondary N) is 1. The van der Waals surface area contributed by atoms with Crippen LogP contribution in [0, 0.1) is 18.6 Å². The van der Waals surface area contributed by atoms with Crippen molar-refractivity contribution in [1.82, 2.24) is 10.3 Å². The maximum absolute atomic E-state index is 13.8. The van der Waals surface area contributed by atoms with Crippen molar-refractivity contribution in [2.75, 3.05) is 0 Å². The van der Waals surface area contributed by atoms with Gasteiger partial charge in [0.15, 0.2) is 0 Å². The summed E-state index contributed by atoms with van der Waals surface area (Å²) in [7, 11) is 0. The summed E-state index contributed by atoms with van der Waals surface area (Å²) in [5.41, 5.74) is -3.83. The second-order valence-electron chi connectivity index (χ2n) is 7.14. The lowest BCUT2D eigenvalue weighted by molar-refractivity contribution is -0.143. The Morgan fingerprint density at radius 3 is 1.94 bits per heavy atom. The van der Waals surface area contributed by atoms with Crippen LogP contribution in [0.2, 0.25) is 0 Å². The number of alkyl halides is 6. The molecule has 0 bridgehead atoms. The predicted octanol–water partition coefficient (Wildman–Crippen LogP) is 6.93. The maximum Gasteiger partial charge on any atom is 0.416 e. The zero-order valence-corrected chi connectivity index (χ0v) is 17.6. The van der Waals surface area contributed by atoms with Gasteiger partial charge in [-0.05, 0) is 49.7 Å². The second-order valence-corrected chi connectivity index (χ2v) is 8.00. The minimum Gasteiger partial charge on any atom is -0.344 e. The monoisotopic (exact) mass is 494 g/mol. The fraction of sp³-hybridized carbons (Fsp3) is 0.238. The van der Waals surface area contributed by atoms with E-state index in [0.29, 0.717) is 23.5 Å². The fourth-order valence-corrected chi connectivity index (χ4v) is 3.65. The number of thiazole rings is 1. The highest BCUT2D eigenvalue weighted by molar-refractivity contribution is 7.13. The molecule has 0 aliphatic rings. The van der Waals surface area contributed by atoms with Crippen molar-refractivity contribution in [1.29, 1.82) is 0 Å². The van der Waals surface area contributed by atoms with E-state index in [1.807, 2.05) is 0 Å². The lowest BCUT2D eigenvalue weighted by Crippen LogP contribution is -2.27. The number of benzene rings is 2. The third kappa shape index (κ3) is 5.49. The van der Waals surface area contributed by atoms with Gasteiger partial charge in [-0.3, -0.25) is 4.79 Å². The Bertz CT molecular complexity index is 1140. The molecule has 0 aliphatic heterocycles. The van der Waals surface area contributed by atoms with Gasteiger partial charge in [0.1, 0.15) is 22.3 Å². The normalized spacial score (nSPS) is 13.2. The first-order chi connectivity index (χ1) is 15.2. The zero-order chi connectivity index (χ0) is 24.7. The van der Waals surface area contributed by atoms with Crippen molar-refractivity contribution in [3.05, 3.63) is 75.3 Å². The molecule has 0 radical (unpaired) electrons. The summed E-state index contributed by atoms with van der Waals surface area (Å²) in [6.07, 6.45) is -10.1. The van der Waals surface area contributed by atoms with E-state index < -0.39 is 52.6 Å². The van der Waals surface area contributed by atoms with Gasteiger partial charge in [0.05, 0.1) is 17.2 Å². The van der Waals surface area contributed by atoms with E-state index in [1.165, 1.54) is 13.8 Å². The van der Waals surface area contributed by atoms with Crippen LogP contribution >= 0.6 is 11.3 Å². The molecule has 12 heteroatoms. The molecular weight excluding hydrogens is 480 g/mol. The van der Waals surface area contributed by atoms with E-state index in [0.717, 1.165) is 17.5 Å². The Morgan fingerprint density at radius 2 is 1.45 bits per heavy atom. The average Bonchev–Trinajstić information content (AvgIpc) is 3.20. The van der Waals surface area contributed by atoms with Crippen LogP contribution in [0.4, 0.5) is 35.1 Å². The molecule has 33 heavy (non-hydrogen) atoms. The van der Waals surface area contributed by atoms with Crippen LogP contribution in [0.25, 0.3) is 10.6 Å². The second kappa shape index (κ2) is 8.73. The van der Waals surface area contributed by atoms with Crippen LogP contribution in [-0.2, 0) is 12.4 Å². The highest BCUT2D eigenvalue weighted by atomic mass is 32.1. The molecular formula is C21H14F8N2OS. The van der Waals surface area contributed by atoms with Crippen LogP contribution in [0.3, 0.4) is 0 Å². The number of halogens is 8. The lowest BCUT2D eigenvalue weighted by atomic mass is 10.0. The van der Waals surface area contributed by atoms with Crippen LogP contribution in [0.15, 0.2) is 35.7 Å². The third-order valence-electron chi connectivity index (χ3n) is 4.72. The molecule has 3 nitrogen and oxygen atoms in total. The van der Waals surface area contributed by atoms with Gasteiger partial charge in [-0.15, -0.1) is 11.3 Å². The van der Waals surface area contributed by atoms with Crippen LogP contribution in [-0.4, -0.2) is 10.9 Å². The Labute approximate surface area is 186 Å². The van der Waals surface area contributed by atoms with E-state index in [1.54, 1.807) is 0 Å². The van der Waals surface area contributed by atoms with Gasteiger partial charge in [0.2, 0.25) is 0 Å². The van der Waals surface area contributed by atoms with Crippen molar-refractivity contribution in [3.8, 4) is 10.6 Å². The summed E-state index contributed by atoms with van der Waals surface area (Å²) in [5, 5.41) is 3.35. The molecule has 1 aromatic heterocycles. The van der Waals surface area contributed by atoms with E-state index in [-0.39, 0.29) is 27.9 Å². The largest absolute Gasteiger partial charge is 0.416 e. The van der Waals surface area contributed by atoms with Crippen LogP contribution < -0.4 is 5.32 Å². The number of nitrogens with zero attached hydrogens (tertiary/aromatic N) is 1. The molecule has 1 heterocycles. The van der Waals surface area contributed by atoms with Crippen LogP contribution in [0.1, 0.15) is 45.7 Å². The SMILES string of the molecule is Cc1c(F)cc([C@@H](C)NC(=O)c2csc(-c3cc(C(F)(F)F)cc(C(F)(F)F)c3)n2)cc1F. The minimum atomic E-state index is -5.03. The van der Waals surface area contributed by atoms with Gasteiger partial charge in [-0.1, -0.05) is 0 Å². The molecule has 1 N–H and O–H groups in total. The molecule has 0 spiro atoms. The summed E-state index contributed by atoms with van der Waals surface area (Å²) in [6, 6.07) is 2.23. The number of carbonyl (C=O) groups is 1. The Hall–Kier alpha value is -3.02. The standard InChI is InChI=1S/C21H14F8N2OS/c1-9-15(22)5-11(6-16(9)23)10(2)30-18(32)17-8-33-19(31-17)12-3-13(20(24,25)26)7-14(4-12)21(27,28)29/h3-8,10H,1-2H3,(H,30,32)/t10-/m1/s1.